The SMILES string of the molecule is COC(=O)c1cc(NC(=O)/C=C/c2cccc(C(F)(F)F)c2)cc(C(=O)OC)c1. The van der Waals surface area contributed by atoms with Crippen LogP contribution in [-0.2, 0) is 20.4 Å². The van der Waals surface area contributed by atoms with Gasteiger partial charge in [-0.25, -0.2) is 9.59 Å². The van der Waals surface area contributed by atoms with Crippen LogP contribution in [0.2, 0.25) is 0 Å². The van der Waals surface area contributed by atoms with Gasteiger partial charge in [-0.15, -0.1) is 0 Å². The number of amides is 1. The number of esters is 2. The Balaban J connectivity index is 2.23. The Morgan fingerprint density at radius 2 is 1.52 bits per heavy atom. The lowest BCUT2D eigenvalue weighted by Crippen LogP contribution is -2.12. The van der Waals surface area contributed by atoms with Crippen LogP contribution in [0.3, 0.4) is 0 Å². The van der Waals surface area contributed by atoms with Crippen LogP contribution < -0.4 is 5.32 Å². The summed E-state index contributed by atoms with van der Waals surface area (Å²) in [7, 11) is 2.31. The molecule has 0 aromatic heterocycles. The van der Waals surface area contributed by atoms with Crippen LogP contribution in [0.25, 0.3) is 6.08 Å². The summed E-state index contributed by atoms with van der Waals surface area (Å²) in [4.78, 5) is 35.6. The van der Waals surface area contributed by atoms with Gasteiger partial charge >= 0.3 is 18.1 Å². The molecule has 0 aliphatic rings. The molecule has 0 saturated heterocycles. The second-order valence-corrected chi connectivity index (χ2v) is 5.73. The first kappa shape index (κ1) is 21.7. The molecular formula is C20H16F3NO5. The molecule has 1 amide bonds. The van der Waals surface area contributed by atoms with Gasteiger partial charge in [-0.05, 0) is 42.0 Å². The molecule has 2 rings (SSSR count). The summed E-state index contributed by atoms with van der Waals surface area (Å²) in [5, 5.41) is 2.43. The normalized spacial score (nSPS) is 11.2. The topological polar surface area (TPSA) is 81.7 Å². The van der Waals surface area contributed by atoms with Gasteiger partial charge in [0.25, 0.3) is 0 Å². The lowest BCUT2D eigenvalue weighted by Gasteiger charge is -2.08. The molecule has 0 heterocycles. The van der Waals surface area contributed by atoms with Crippen molar-refractivity contribution in [2.45, 2.75) is 6.18 Å². The summed E-state index contributed by atoms with van der Waals surface area (Å²) in [6.07, 6.45) is -2.27. The Morgan fingerprint density at radius 3 is 2.03 bits per heavy atom. The molecule has 9 heteroatoms. The van der Waals surface area contributed by atoms with E-state index in [1.54, 1.807) is 0 Å². The first-order chi connectivity index (χ1) is 13.6. The van der Waals surface area contributed by atoms with E-state index in [4.69, 9.17) is 0 Å². The smallest absolute Gasteiger partial charge is 0.416 e. The Bertz CT molecular complexity index is 933. The van der Waals surface area contributed by atoms with Crippen molar-refractivity contribution in [1.82, 2.24) is 0 Å². The van der Waals surface area contributed by atoms with E-state index in [0.29, 0.717) is 0 Å². The summed E-state index contributed by atoms with van der Waals surface area (Å²) in [6.45, 7) is 0. The minimum absolute atomic E-state index is 0.00700. The molecule has 152 valence electrons. The maximum Gasteiger partial charge on any atom is 0.416 e. The molecule has 0 bridgehead atoms. The zero-order valence-corrected chi connectivity index (χ0v) is 15.4. The van der Waals surface area contributed by atoms with Crippen molar-refractivity contribution in [2.75, 3.05) is 19.5 Å². The van der Waals surface area contributed by atoms with Crippen LogP contribution in [0.5, 0.6) is 0 Å². The van der Waals surface area contributed by atoms with Crippen molar-refractivity contribution in [2.24, 2.45) is 0 Å². The fourth-order valence-corrected chi connectivity index (χ4v) is 2.35. The monoisotopic (exact) mass is 407 g/mol. The van der Waals surface area contributed by atoms with Gasteiger partial charge in [0, 0.05) is 11.8 Å². The molecule has 0 unspecified atom stereocenters. The Kier molecular flexibility index (Phi) is 6.76. The van der Waals surface area contributed by atoms with E-state index < -0.39 is 29.6 Å². The van der Waals surface area contributed by atoms with Crippen LogP contribution in [-0.4, -0.2) is 32.1 Å². The van der Waals surface area contributed by atoms with Gasteiger partial charge in [-0.3, -0.25) is 4.79 Å². The van der Waals surface area contributed by atoms with E-state index in [0.717, 1.165) is 32.4 Å². The van der Waals surface area contributed by atoms with Crippen molar-refractivity contribution >= 4 is 29.6 Å². The van der Waals surface area contributed by atoms with E-state index in [2.05, 4.69) is 14.8 Å². The molecule has 0 atom stereocenters. The van der Waals surface area contributed by atoms with E-state index >= 15 is 0 Å². The summed E-state index contributed by atoms with van der Waals surface area (Å²) in [5.41, 5.74) is -0.547. The lowest BCUT2D eigenvalue weighted by atomic mass is 10.1. The van der Waals surface area contributed by atoms with Crippen LogP contribution in [0.1, 0.15) is 31.8 Å². The highest BCUT2D eigenvalue weighted by atomic mass is 19.4. The van der Waals surface area contributed by atoms with Gasteiger partial charge in [-0.2, -0.15) is 13.2 Å². The highest BCUT2D eigenvalue weighted by molar-refractivity contribution is 6.04. The molecule has 0 radical (unpaired) electrons. The minimum Gasteiger partial charge on any atom is -0.465 e. The second-order valence-electron chi connectivity index (χ2n) is 5.73. The van der Waals surface area contributed by atoms with Crippen LogP contribution >= 0.6 is 0 Å². The number of carbonyl (C=O) groups excluding carboxylic acids is 3. The zero-order chi connectivity index (χ0) is 21.6. The van der Waals surface area contributed by atoms with Gasteiger partial charge in [0.1, 0.15) is 0 Å². The van der Waals surface area contributed by atoms with Gasteiger partial charge in [0.2, 0.25) is 5.91 Å². The fourth-order valence-electron chi connectivity index (χ4n) is 2.35. The molecule has 0 fully saturated rings. The highest BCUT2D eigenvalue weighted by Crippen LogP contribution is 2.29. The number of methoxy groups -OCH3 is 2. The van der Waals surface area contributed by atoms with Gasteiger partial charge < -0.3 is 14.8 Å². The van der Waals surface area contributed by atoms with Crippen molar-refractivity contribution < 1.29 is 37.0 Å². The first-order valence-electron chi connectivity index (χ1n) is 8.12. The molecule has 0 aliphatic carbocycles. The third-order valence-electron chi connectivity index (χ3n) is 3.68. The summed E-state index contributed by atoms with van der Waals surface area (Å²) in [6, 6.07) is 8.27. The number of halogens is 3. The largest absolute Gasteiger partial charge is 0.465 e. The van der Waals surface area contributed by atoms with E-state index in [-0.39, 0.29) is 22.4 Å². The molecule has 0 saturated carbocycles. The molecule has 29 heavy (non-hydrogen) atoms. The maximum atomic E-state index is 12.7. The lowest BCUT2D eigenvalue weighted by molar-refractivity contribution is -0.137. The van der Waals surface area contributed by atoms with E-state index in [1.165, 1.54) is 36.4 Å². The third kappa shape index (κ3) is 5.93. The van der Waals surface area contributed by atoms with Crippen molar-refractivity contribution in [3.63, 3.8) is 0 Å². The third-order valence-corrected chi connectivity index (χ3v) is 3.68. The first-order valence-corrected chi connectivity index (χ1v) is 8.12. The van der Waals surface area contributed by atoms with Crippen LogP contribution in [0.15, 0.2) is 48.5 Å². The number of anilines is 1. The summed E-state index contributed by atoms with van der Waals surface area (Å²) in [5.74, 6) is -2.14. The van der Waals surface area contributed by atoms with Crippen LogP contribution in [0, 0.1) is 0 Å². The van der Waals surface area contributed by atoms with E-state index in [1.807, 2.05) is 0 Å². The fraction of sp³-hybridized carbons (Fsp3) is 0.150. The maximum absolute atomic E-state index is 12.7. The number of rotatable bonds is 5. The molecule has 0 aliphatic heterocycles. The predicted molar refractivity (Wildman–Crippen MR) is 98.2 cm³/mol. The summed E-state index contributed by atoms with van der Waals surface area (Å²) >= 11 is 0. The quantitative estimate of drug-likeness (QED) is 0.600. The standard InChI is InChI=1S/C20H16F3NO5/c1-28-18(26)13-9-14(19(27)29-2)11-16(10-13)24-17(25)7-6-12-4-3-5-15(8-12)20(21,22)23/h3-11H,1-2H3,(H,24,25)/b7-6+. The molecular weight excluding hydrogens is 391 g/mol. The van der Waals surface area contributed by atoms with Crippen molar-refractivity contribution in [3.05, 3.63) is 70.8 Å². The number of ether oxygens (including phenoxy) is 2. The van der Waals surface area contributed by atoms with Gasteiger partial charge in [0.05, 0.1) is 30.9 Å². The molecule has 1 N–H and O–H groups in total. The number of hydrogen-bond donors (Lipinski definition) is 1. The Labute approximate surface area is 163 Å². The minimum atomic E-state index is -4.50. The average Bonchev–Trinajstić information content (AvgIpc) is 2.70. The number of alkyl halides is 3. The van der Waals surface area contributed by atoms with E-state index in [9.17, 15) is 27.6 Å². The number of nitrogens with one attached hydrogen (secondary N) is 1. The predicted octanol–water partition coefficient (Wildman–Crippen LogP) is 3.93. The number of carbonyl (C=O) groups is 3. The Morgan fingerprint density at radius 1 is 0.931 bits per heavy atom. The van der Waals surface area contributed by atoms with Crippen LogP contribution in [0.4, 0.5) is 18.9 Å². The number of benzene rings is 2. The van der Waals surface area contributed by atoms with Crippen molar-refractivity contribution in [3.8, 4) is 0 Å². The summed E-state index contributed by atoms with van der Waals surface area (Å²) < 4.78 is 47.4. The van der Waals surface area contributed by atoms with Gasteiger partial charge in [0.15, 0.2) is 0 Å². The zero-order valence-electron chi connectivity index (χ0n) is 15.4. The molecule has 0 spiro atoms. The molecule has 2 aromatic carbocycles. The molecule has 2 aromatic rings. The number of hydrogen-bond acceptors (Lipinski definition) is 5. The van der Waals surface area contributed by atoms with Crippen molar-refractivity contribution in [1.29, 1.82) is 0 Å². The van der Waals surface area contributed by atoms with Gasteiger partial charge in [-0.1, -0.05) is 12.1 Å². The molecule has 6 nitrogen and oxygen atoms in total. The highest BCUT2D eigenvalue weighted by Gasteiger charge is 2.30. The average molecular weight is 407 g/mol. The second kappa shape index (κ2) is 9.05. The Hall–Kier alpha value is -3.62.